The third-order valence-corrected chi connectivity index (χ3v) is 5.50. The minimum Gasteiger partial charge on any atom is -0.441 e. The molecule has 4 aromatic rings. The summed E-state index contributed by atoms with van der Waals surface area (Å²) < 4.78 is 5.78. The number of rotatable bonds is 8. The van der Waals surface area contributed by atoms with Gasteiger partial charge in [-0.3, -0.25) is 4.79 Å². The summed E-state index contributed by atoms with van der Waals surface area (Å²) >= 11 is 0. The Balaban J connectivity index is 1.42. The van der Waals surface area contributed by atoms with Gasteiger partial charge < -0.3 is 14.6 Å². The Bertz CT molecular complexity index is 1210. The molecule has 4 rings (SSSR count). The van der Waals surface area contributed by atoms with Crippen molar-refractivity contribution in [1.29, 1.82) is 0 Å². The van der Waals surface area contributed by atoms with Crippen molar-refractivity contribution < 1.29 is 9.21 Å². The van der Waals surface area contributed by atoms with Crippen LogP contribution in [0.3, 0.4) is 0 Å². The van der Waals surface area contributed by atoms with Gasteiger partial charge in [-0.15, -0.1) is 0 Å². The fourth-order valence-electron chi connectivity index (χ4n) is 3.82. The van der Waals surface area contributed by atoms with Gasteiger partial charge in [-0.2, -0.15) is 0 Å². The lowest BCUT2D eigenvalue weighted by Gasteiger charge is -2.13. The van der Waals surface area contributed by atoms with Gasteiger partial charge in [0.25, 0.3) is 0 Å². The first kappa shape index (κ1) is 22.5. The minimum absolute atomic E-state index is 0.0813. The second-order valence-electron chi connectivity index (χ2n) is 8.43. The summed E-state index contributed by atoms with van der Waals surface area (Å²) in [5.74, 6) is 1.13. The maximum absolute atomic E-state index is 12.7. The number of carbonyl (C=O) groups excluding carboxylic acids is 1. The van der Waals surface area contributed by atoms with Crippen LogP contribution in [0.1, 0.15) is 22.6 Å². The van der Waals surface area contributed by atoms with E-state index >= 15 is 0 Å². The van der Waals surface area contributed by atoms with Crippen LogP contribution < -0.4 is 5.32 Å². The lowest BCUT2D eigenvalue weighted by Crippen LogP contribution is -2.25. The van der Waals surface area contributed by atoms with Crippen molar-refractivity contribution in [3.05, 3.63) is 101 Å². The van der Waals surface area contributed by atoms with Gasteiger partial charge in [0, 0.05) is 18.7 Å². The molecule has 3 aromatic carbocycles. The van der Waals surface area contributed by atoms with Crippen LogP contribution in [0.25, 0.3) is 22.6 Å². The fraction of sp³-hybridized carbons (Fsp3) is 0.214. The first-order chi connectivity index (χ1) is 16.0. The average molecular weight is 440 g/mol. The van der Waals surface area contributed by atoms with E-state index in [0.717, 1.165) is 28.8 Å². The molecule has 0 aliphatic rings. The van der Waals surface area contributed by atoms with Gasteiger partial charge in [-0.05, 0) is 55.4 Å². The second kappa shape index (κ2) is 10.3. The maximum atomic E-state index is 12.7. The number of hydrogen-bond acceptors (Lipinski definition) is 4. The first-order valence-corrected chi connectivity index (χ1v) is 11.1. The van der Waals surface area contributed by atoms with Crippen molar-refractivity contribution in [2.45, 2.75) is 26.4 Å². The molecule has 1 aromatic heterocycles. The molecule has 0 radical (unpaired) electrons. The number of benzene rings is 3. The number of aromatic nitrogens is 1. The summed E-state index contributed by atoms with van der Waals surface area (Å²) in [4.78, 5) is 19.4. The lowest BCUT2D eigenvalue weighted by atomic mass is 9.98. The monoisotopic (exact) mass is 439 g/mol. The van der Waals surface area contributed by atoms with Crippen molar-refractivity contribution in [3.63, 3.8) is 0 Å². The van der Waals surface area contributed by atoms with Crippen molar-refractivity contribution in [2.24, 2.45) is 0 Å². The Morgan fingerprint density at radius 3 is 2.33 bits per heavy atom. The highest BCUT2D eigenvalue weighted by Gasteiger charge is 2.15. The number of oxazole rings is 1. The molecule has 168 valence electrons. The van der Waals surface area contributed by atoms with Gasteiger partial charge in [0.05, 0.1) is 12.1 Å². The van der Waals surface area contributed by atoms with Crippen molar-refractivity contribution in [1.82, 2.24) is 15.2 Å². The van der Waals surface area contributed by atoms with Gasteiger partial charge in [-0.25, -0.2) is 4.98 Å². The molecular formula is C28H29N3O2. The van der Waals surface area contributed by atoms with E-state index in [2.05, 4.69) is 65.7 Å². The quantitative estimate of drug-likeness (QED) is 0.408. The van der Waals surface area contributed by atoms with Crippen LogP contribution in [0.4, 0.5) is 0 Å². The Morgan fingerprint density at radius 2 is 1.61 bits per heavy atom. The summed E-state index contributed by atoms with van der Waals surface area (Å²) in [6.45, 7) is 3.21. The van der Waals surface area contributed by atoms with Crippen LogP contribution in [0.15, 0.2) is 83.3 Å². The van der Waals surface area contributed by atoms with Crippen molar-refractivity contribution in [2.75, 3.05) is 14.1 Å². The average Bonchev–Trinajstić information content (AvgIpc) is 3.19. The smallest absolute Gasteiger partial charge is 0.226 e. The summed E-state index contributed by atoms with van der Waals surface area (Å²) in [6.07, 6.45) is 0.184. The zero-order valence-electron chi connectivity index (χ0n) is 19.3. The molecule has 0 fully saturated rings. The molecule has 0 spiro atoms. The molecule has 0 aliphatic carbocycles. The predicted octanol–water partition coefficient (Wildman–Crippen LogP) is 5.24. The third kappa shape index (κ3) is 5.76. The fourth-order valence-corrected chi connectivity index (χ4v) is 3.82. The largest absolute Gasteiger partial charge is 0.441 e. The van der Waals surface area contributed by atoms with Crippen LogP contribution in [0.5, 0.6) is 0 Å². The normalized spacial score (nSPS) is 11.0. The summed E-state index contributed by atoms with van der Waals surface area (Å²) in [6, 6.07) is 26.5. The number of carbonyl (C=O) groups is 1. The third-order valence-electron chi connectivity index (χ3n) is 5.50. The number of hydrogen-bond donors (Lipinski definition) is 1. The van der Waals surface area contributed by atoms with Crippen LogP contribution in [-0.4, -0.2) is 29.9 Å². The highest BCUT2D eigenvalue weighted by molar-refractivity contribution is 5.79. The molecule has 5 nitrogen and oxygen atoms in total. The molecule has 0 aliphatic heterocycles. The maximum Gasteiger partial charge on any atom is 0.226 e. The topological polar surface area (TPSA) is 58.4 Å². The zero-order valence-corrected chi connectivity index (χ0v) is 19.3. The Morgan fingerprint density at radius 1 is 0.909 bits per heavy atom. The number of nitrogens with one attached hydrogen (secondary N) is 1. The molecule has 5 heteroatoms. The molecule has 0 bridgehead atoms. The molecule has 1 amide bonds. The minimum atomic E-state index is -0.0813. The second-order valence-corrected chi connectivity index (χ2v) is 8.43. The standard InChI is InChI=1S/C28H29N3O2/c1-20-26(30-28(33-20)23-9-5-4-6-10-23)17-27(32)29-18-24-11-7-8-12-25(24)22-15-13-21(14-16-22)19-31(2)3/h4-16H,17-19H2,1-3H3,(H,29,32). The molecule has 33 heavy (non-hydrogen) atoms. The number of nitrogens with zero attached hydrogens (tertiary/aromatic N) is 2. The van der Waals surface area contributed by atoms with E-state index in [4.69, 9.17) is 4.42 Å². The van der Waals surface area contributed by atoms with Crippen molar-refractivity contribution in [3.8, 4) is 22.6 Å². The van der Waals surface area contributed by atoms with E-state index in [-0.39, 0.29) is 12.3 Å². The highest BCUT2D eigenvalue weighted by atomic mass is 16.4. The van der Waals surface area contributed by atoms with Crippen LogP contribution >= 0.6 is 0 Å². The van der Waals surface area contributed by atoms with Gasteiger partial charge >= 0.3 is 0 Å². The predicted molar refractivity (Wildman–Crippen MR) is 131 cm³/mol. The number of aryl methyl sites for hydroxylation is 1. The van der Waals surface area contributed by atoms with Gasteiger partial charge in [-0.1, -0.05) is 66.7 Å². The van der Waals surface area contributed by atoms with Crippen LogP contribution in [0, 0.1) is 6.92 Å². The molecular weight excluding hydrogens is 410 g/mol. The highest BCUT2D eigenvalue weighted by Crippen LogP contribution is 2.25. The molecule has 1 heterocycles. The Kier molecular flexibility index (Phi) is 7.01. The van der Waals surface area contributed by atoms with E-state index in [1.165, 1.54) is 5.56 Å². The van der Waals surface area contributed by atoms with Crippen LogP contribution in [0.2, 0.25) is 0 Å². The SMILES string of the molecule is Cc1oc(-c2ccccc2)nc1CC(=O)NCc1ccccc1-c1ccc(CN(C)C)cc1. The van der Waals surface area contributed by atoms with E-state index in [9.17, 15) is 4.79 Å². The van der Waals surface area contributed by atoms with E-state index in [1.807, 2.05) is 49.4 Å². The summed E-state index contributed by atoms with van der Waals surface area (Å²) in [5.41, 5.74) is 6.18. The molecule has 0 saturated heterocycles. The van der Waals surface area contributed by atoms with Crippen molar-refractivity contribution >= 4 is 5.91 Å². The number of amides is 1. The lowest BCUT2D eigenvalue weighted by molar-refractivity contribution is -0.120. The molecule has 1 N–H and O–H groups in total. The molecule has 0 unspecified atom stereocenters. The van der Waals surface area contributed by atoms with Crippen LogP contribution in [-0.2, 0) is 24.3 Å². The van der Waals surface area contributed by atoms with E-state index < -0.39 is 0 Å². The zero-order chi connectivity index (χ0) is 23.2. The molecule has 0 atom stereocenters. The Labute approximate surface area is 195 Å². The van der Waals surface area contributed by atoms with Gasteiger partial charge in [0.15, 0.2) is 0 Å². The van der Waals surface area contributed by atoms with Gasteiger partial charge in [0.1, 0.15) is 5.76 Å². The van der Waals surface area contributed by atoms with E-state index in [1.54, 1.807) is 0 Å². The Hall–Kier alpha value is -3.70. The first-order valence-electron chi connectivity index (χ1n) is 11.1. The summed E-state index contributed by atoms with van der Waals surface area (Å²) in [7, 11) is 4.13. The summed E-state index contributed by atoms with van der Waals surface area (Å²) in [5, 5.41) is 3.04. The van der Waals surface area contributed by atoms with Gasteiger partial charge in [0.2, 0.25) is 11.8 Å². The molecule has 0 saturated carbocycles. The van der Waals surface area contributed by atoms with E-state index in [0.29, 0.717) is 23.9 Å².